The molecule has 6 nitrogen and oxygen atoms in total. The van der Waals surface area contributed by atoms with E-state index in [4.69, 9.17) is 5.73 Å². The number of anilines is 1. The van der Waals surface area contributed by atoms with Crippen LogP contribution < -0.4 is 10.5 Å². The van der Waals surface area contributed by atoms with E-state index in [1.807, 2.05) is 13.8 Å². The minimum atomic E-state index is -3.70. The van der Waals surface area contributed by atoms with Crippen molar-refractivity contribution in [1.82, 2.24) is 4.90 Å². The number of sulfonamides is 1. The maximum absolute atomic E-state index is 12.5. The van der Waals surface area contributed by atoms with Gasteiger partial charge in [-0.1, -0.05) is 32.0 Å². The van der Waals surface area contributed by atoms with Gasteiger partial charge in [0.2, 0.25) is 0 Å². The number of carbonyl (C=O) groups is 1. The summed E-state index contributed by atoms with van der Waals surface area (Å²) >= 11 is 0. The molecule has 2 rings (SSSR count). The summed E-state index contributed by atoms with van der Waals surface area (Å²) in [5.41, 5.74) is 6.44. The lowest BCUT2D eigenvalue weighted by molar-refractivity contribution is 0.0740. The molecule has 0 saturated carbocycles. The topological polar surface area (TPSA) is 92.5 Å². The van der Waals surface area contributed by atoms with Crippen molar-refractivity contribution in [2.24, 2.45) is 11.1 Å². The van der Waals surface area contributed by atoms with E-state index in [1.165, 1.54) is 24.3 Å². The highest BCUT2D eigenvalue weighted by Crippen LogP contribution is 2.19. The van der Waals surface area contributed by atoms with Crippen LogP contribution in [0, 0.1) is 5.41 Å². The van der Waals surface area contributed by atoms with Gasteiger partial charge in [0.25, 0.3) is 15.9 Å². The number of nitrogens with one attached hydrogen (secondary N) is 1. The highest BCUT2D eigenvalue weighted by molar-refractivity contribution is 7.92. The molecule has 0 bridgehead atoms. The summed E-state index contributed by atoms with van der Waals surface area (Å²) in [6.07, 6.45) is 0. The molecule has 3 N–H and O–H groups in total. The normalized spacial score (nSPS) is 11.8. The van der Waals surface area contributed by atoms with E-state index < -0.39 is 10.0 Å². The molecular formula is C19H25N3O3S. The first kappa shape index (κ1) is 19.9. The monoisotopic (exact) mass is 375 g/mol. The first-order valence-electron chi connectivity index (χ1n) is 8.28. The third kappa shape index (κ3) is 5.06. The molecule has 0 saturated heterocycles. The summed E-state index contributed by atoms with van der Waals surface area (Å²) in [6.45, 7) is 4.95. The predicted molar refractivity (Wildman–Crippen MR) is 103 cm³/mol. The Hall–Kier alpha value is -2.38. The van der Waals surface area contributed by atoms with Gasteiger partial charge in [0.15, 0.2) is 0 Å². The second kappa shape index (κ2) is 7.88. The number of amides is 1. The van der Waals surface area contributed by atoms with Crippen LogP contribution in [0.3, 0.4) is 0 Å². The molecule has 2 aromatic rings. The Morgan fingerprint density at radius 1 is 1.08 bits per heavy atom. The van der Waals surface area contributed by atoms with Gasteiger partial charge in [-0.3, -0.25) is 9.52 Å². The molecule has 0 aliphatic heterocycles. The Balaban J connectivity index is 2.13. The van der Waals surface area contributed by atoms with Crippen molar-refractivity contribution in [3.8, 4) is 0 Å². The van der Waals surface area contributed by atoms with Crippen LogP contribution in [0.25, 0.3) is 0 Å². The van der Waals surface area contributed by atoms with Crippen molar-refractivity contribution in [2.45, 2.75) is 18.7 Å². The van der Waals surface area contributed by atoms with Gasteiger partial charge in [-0.25, -0.2) is 8.42 Å². The molecule has 0 unspecified atom stereocenters. The highest BCUT2D eigenvalue weighted by Gasteiger charge is 2.22. The second-order valence-electron chi connectivity index (χ2n) is 7.03. The smallest absolute Gasteiger partial charge is 0.261 e. The zero-order valence-electron chi connectivity index (χ0n) is 15.3. The molecule has 140 valence electrons. The molecule has 26 heavy (non-hydrogen) atoms. The molecule has 0 atom stereocenters. The molecule has 0 aliphatic carbocycles. The molecule has 1 amide bonds. The number of benzene rings is 2. The van der Waals surface area contributed by atoms with Gasteiger partial charge >= 0.3 is 0 Å². The number of carbonyl (C=O) groups excluding carboxylic acids is 1. The summed E-state index contributed by atoms with van der Waals surface area (Å²) in [5, 5.41) is 0. The van der Waals surface area contributed by atoms with Gasteiger partial charge in [0.05, 0.1) is 4.90 Å². The zero-order chi connectivity index (χ0) is 19.4. The van der Waals surface area contributed by atoms with Crippen LogP contribution in [0.5, 0.6) is 0 Å². The van der Waals surface area contributed by atoms with Crippen LogP contribution in [0.4, 0.5) is 5.69 Å². The maximum Gasteiger partial charge on any atom is 0.261 e. The number of rotatable bonds is 7. The van der Waals surface area contributed by atoms with Crippen molar-refractivity contribution in [3.05, 3.63) is 60.2 Å². The Kier molecular flexibility index (Phi) is 6.05. The third-order valence-corrected chi connectivity index (χ3v) is 5.40. The quantitative estimate of drug-likeness (QED) is 0.778. The van der Waals surface area contributed by atoms with Crippen molar-refractivity contribution in [2.75, 3.05) is 24.9 Å². The average molecular weight is 375 g/mol. The molecule has 0 aromatic heterocycles. The van der Waals surface area contributed by atoms with Gasteiger partial charge in [-0.05, 0) is 48.4 Å². The van der Waals surface area contributed by atoms with Crippen LogP contribution in [-0.2, 0) is 10.0 Å². The number of nitrogens with zero attached hydrogens (tertiary/aromatic N) is 1. The largest absolute Gasteiger partial charge is 0.341 e. The van der Waals surface area contributed by atoms with Gasteiger partial charge in [-0.15, -0.1) is 0 Å². The number of hydrogen-bond donors (Lipinski definition) is 2. The van der Waals surface area contributed by atoms with Gasteiger partial charge in [0.1, 0.15) is 0 Å². The number of para-hydroxylation sites is 1. The Morgan fingerprint density at radius 2 is 1.65 bits per heavy atom. The van der Waals surface area contributed by atoms with Crippen molar-refractivity contribution in [3.63, 3.8) is 0 Å². The van der Waals surface area contributed by atoms with E-state index in [2.05, 4.69) is 4.72 Å². The first-order valence-corrected chi connectivity index (χ1v) is 9.76. The van der Waals surface area contributed by atoms with Crippen molar-refractivity contribution in [1.29, 1.82) is 0 Å². The minimum Gasteiger partial charge on any atom is -0.341 e. The molecule has 0 radical (unpaired) electrons. The SMILES string of the molecule is CN(CC(C)(C)CN)C(=O)c1ccc(S(=O)(=O)Nc2ccccc2)cc1. The van der Waals surface area contributed by atoms with Gasteiger partial charge in [-0.2, -0.15) is 0 Å². The van der Waals surface area contributed by atoms with E-state index in [-0.39, 0.29) is 16.2 Å². The lowest BCUT2D eigenvalue weighted by Gasteiger charge is -2.29. The average Bonchev–Trinajstić information content (AvgIpc) is 2.61. The summed E-state index contributed by atoms with van der Waals surface area (Å²) in [6, 6.07) is 14.5. The Labute approximate surface area is 155 Å². The summed E-state index contributed by atoms with van der Waals surface area (Å²) in [4.78, 5) is 14.2. The predicted octanol–water partition coefficient (Wildman–Crippen LogP) is 2.54. The van der Waals surface area contributed by atoms with Gasteiger partial charge < -0.3 is 10.6 Å². The van der Waals surface area contributed by atoms with Crippen molar-refractivity contribution >= 4 is 21.6 Å². The van der Waals surface area contributed by atoms with Crippen LogP contribution in [0.1, 0.15) is 24.2 Å². The fraction of sp³-hybridized carbons (Fsp3) is 0.316. The van der Waals surface area contributed by atoms with Crippen LogP contribution in [-0.4, -0.2) is 39.4 Å². The second-order valence-corrected chi connectivity index (χ2v) is 8.71. The van der Waals surface area contributed by atoms with Gasteiger partial charge in [0, 0.05) is 24.8 Å². The van der Waals surface area contributed by atoms with Crippen molar-refractivity contribution < 1.29 is 13.2 Å². The van der Waals surface area contributed by atoms with E-state index in [0.717, 1.165) is 0 Å². The lowest BCUT2D eigenvalue weighted by atomic mass is 9.93. The third-order valence-electron chi connectivity index (χ3n) is 4.00. The summed E-state index contributed by atoms with van der Waals surface area (Å²) in [7, 11) is -1.99. The Morgan fingerprint density at radius 3 is 2.19 bits per heavy atom. The molecule has 0 spiro atoms. The van der Waals surface area contributed by atoms with E-state index in [0.29, 0.717) is 24.3 Å². The first-order chi connectivity index (χ1) is 12.1. The number of nitrogens with two attached hydrogens (primary N) is 1. The number of hydrogen-bond acceptors (Lipinski definition) is 4. The molecule has 0 aliphatic rings. The molecule has 0 heterocycles. The van der Waals surface area contributed by atoms with Crippen LogP contribution in [0.2, 0.25) is 0 Å². The van der Waals surface area contributed by atoms with Crippen LogP contribution in [0.15, 0.2) is 59.5 Å². The Bertz CT molecular complexity index is 847. The summed E-state index contributed by atoms with van der Waals surface area (Å²) < 4.78 is 27.4. The minimum absolute atomic E-state index is 0.0999. The summed E-state index contributed by atoms with van der Waals surface area (Å²) in [5.74, 6) is -0.175. The van der Waals surface area contributed by atoms with E-state index >= 15 is 0 Å². The molecule has 7 heteroatoms. The maximum atomic E-state index is 12.5. The fourth-order valence-electron chi connectivity index (χ4n) is 2.50. The standard InChI is InChI=1S/C19H25N3O3S/c1-19(2,13-20)14-22(3)18(23)15-9-11-17(12-10-15)26(24,25)21-16-7-5-4-6-8-16/h4-12,21H,13-14,20H2,1-3H3. The fourth-order valence-corrected chi connectivity index (χ4v) is 3.55. The lowest BCUT2D eigenvalue weighted by Crippen LogP contribution is -2.39. The molecule has 0 fully saturated rings. The zero-order valence-corrected chi connectivity index (χ0v) is 16.1. The molecular weight excluding hydrogens is 350 g/mol. The highest BCUT2D eigenvalue weighted by atomic mass is 32.2. The van der Waals surface area contributed by atoms with Crippen LogP contribution >= 0.6 is 0 Å². The van der Waals surface area contributed by atoms with E-state index in [1.54, 1.807) is 42.3 Å². The van der Waals surface area contributed by atoms with E-state index in [9.17, 15) is 13.2 Å². The molecule has 2 aromatic carbocycles.